The number of Topliss-reactive ketones (excluding diaryl/α,β-unsaturated/α-hetero) is 1. The lowest BCUT2D eigenvalue weighted by molar-refractivity contribution is -0.135. The molecule has 1 aromatic heterocycles. The Balaban J connectivity index is 2.87. The number of rotatable bonds is 2. The highest BCUT2D eigenvalue weighted by atomic mass is 16.3. The van der Waals surface area contributed by atoms with E-state index in [1.54, 1.807) is 45.2 Å². The van der Waals surface area contributed by atoms with E-state index >= 15 is 0 Å². The first-order chi connectivity index (χ1) is 6.43. The van der Waals surface area contributed by atoms with E-state index in [4.69, 9.17) is 0 Å². The Labute approximate surface area is 83.8 Å². The molecule has 0 fully saturated rings. The summed E-state index contributed by atoms with van der Waals surface area (Å²) >= 11 is 0. The predicted molar refractivity (Wildman–Crippen MR) is 53.7 cm³/mol. The topological polar surface area (TPSA) is 50.2 Å². The molecule has 0 amide bonds. The van der Waals surface area contributed by atoms with Crippen LogP contribution in [0, 0.1) is 5.41 Å². The van der Waals surface area contributed by atoms with Gasteiger partial charge in [0.2, 0.25) is 0 Å². The minimum absolute atomic E-state index is 0.212. The predicted octanol–water partition coefficient (Wildman–Crippen LogP) is 1.73. The van der Waals surface area contributed by atoms with Crippen LogP contribution in [-0.2, 0) is 4.79 Å². The van der Waals surface area contributed by atoms with Crippen LogP contribution in [0.15, 0.2) is 24.4 Å². The van der Waals surface area contributed by atoms with Gasteiger partial charge in [-0.25, -0.2) is 0 Å². The van der Waals surface area contributed by atoms with Crippen LogP contribution in [0.4, 0.5) is 0 Å². The van der Waals surface area contributed by atoms with Gasteiger partial charge in [-0.3, -0.25) is 9.78 Å². The van der Waals surface area contributed by atoms with Crippen LogP contribution >= 0.6 is 0 Å². The first-order valence-electron chi connectivity index (χ1n) is 4.56. The maximum atomic E-state index is 11.7. The fraction of sp³-hybridized carbons (Fsp3) is 0.455. The average Bonchev–Trinajstić information content (AvgIpc) is 2.15. The van der Waals surface area contributed by atoms with Crippen molar-refractivity contribution < 1.29 is 9.90 Å². The number of carbonyl (C=O) groups excluding carboxylic acids is 1. The van der Waals surface area contributed by atoms with E-state index in [-0.39, 0.29) is 5.78 Å². The van der Waals surface area contributed by atoms with Gasteiger partial charge >= 0.3 is 0 Å². The highest BCUT2D eigenvalue weighted by Crippen LogP contribution is 2.23. The van der Waals surface area contributed by atoms with Crippen LogP contribution in [0.25, 0.3) is 0 Å². The molecule has 0 saturated heterocycles. The quantitative estimate of drug-likeness (QED) is 0.778. The number of aromatic nitrogens is 1. The van der Waals surface area contributed by atoms with Gasteiger partial charge in [0.05, 0.1) is 5.69 Å². The first-order valence-corrected chi connectivity index (χ1v) is 4.56. The molecular weight excluding hydrogens is 178 g/mol. The van der Waals surface area contributed by atoms with Gasteiger partial charge in [-0.15, -0.1) is 0 Å². The number of aliphatic hydroxyl groups is 1. The summed E-state index contributed by atoms with van der Waals surface area (Å²) in [5.74, 6) is -0.212. The molecule has 0 saturated carbocycles. The summed E-state index contributed by atoms with van der Waals surface area (Å²) < 4.78 is 0. The third-order valence-electron chi connectivity index (χ3n) is 1.96. The molecule has 0 aliphatic heterocycles. The number of ketones is 1. The van der Waals surface area contributed by atoms with E-state index in [2.05, 4.69) is 4.98 Å². The molecule has 1 heterocycles. The molecule has 76 valence electrons. The molecule has 1 atom stereocenters. The summed E-state index contributed by atoms with van der Waals surface area (Å²) in [6, 6.07) is 5.15. The van der Waals surface area contributed by atoms with Gasteiger partial charge in [0.15, 0.2) is 11.9 Å². The summed E-state index contributed by atoms with van der Waals surface area (Å²) in [6.07, 6.45) is 0.449. The molecule has 3 nitrogen and oxygen atoms in total. The highest BCUT2D eigenvalue weighted by molar-refractivity contribution is 5.88. The van der Waals surface area contributed by atoms with Crippen LogP contribution in [0.1, 0.15) is 32.6 Å². The van der Waals surface area contributed by atoms with Crippen molar-refractivity contribution >= 4 is 5.78 Å². The van der Waals surface area contributed by atoms with Gasteiger partial charge in [0.25, 0.3) is 0 Å². The van der Waals surface area contributed by atoms with E-state index in [1.807, 2.05) is 0 Å². The van der Waals surface area contributed by atoms with E-state index in [0.29, 0.717) is 5.69 Å². The van der Waals surface area contributed by atoms with Gasteiger partial charge in [0, 0.05) is 11.6 Å². The highest BCUT2D eigenvalue weighted by Gasteiger charge is 2.29. The van der Waals surface area contributed by atoms with Crippen molar-refractivity contribution in [1.29, 1.82) is 0 Å². The maximum Gasteiger partial charge on any atom is 0.172 e. The monoisotopic (exact) mass is 193 g/mol. The van der Waals surface area contributed by atoms with Crippen LogP contribution in [0.3, 0.4) is 0 Å². The van der Waals surface area contributed by atoms with Crippen molar-refractivity contribution in [3.63, 3.8) is 0 Å². The standard InChI is InChI=1S/C11H15NO2/c1-11(2,3)10(14)9(13)8-6-4-5-7-12-8/h4-7,9,13H,1-3H3. The molecule has 0 spiro atoms. The lowest BCUT2D eigenvalue weighted by Gasteiger charge is -2.20. The minimum atomic E-state index is -1.11. The zero-order chi connectivity index (χ0) is 10.8. The second kappa shape index (κ2) is 3.88. The Morgan fingerprint density at radius 1 is 1.43 bits per heavy atom. The van der Waals surface area contributed by atoms with Crippen molar-refractivity contribution in [2.75, 3.05) is 0 Å². The number of pyridine rings is 1. The average molecular weight is 193 g/mol. The Bertz CT molecular complexity index is 314. The Morgan fingerprint density at radius 3 is 2.50 bits per heavy atom. The van der Waals surface area contributed by atoms with Crippen LogP contribution in [0.5, 0.6) is 0 Å². The van der Waals surface area contributed by atoms with Gasteiger partial charge in [0.1, 0.15) is 0 Å². The van der Waals surface area contributed by atoms with Crippen molar-refractivity contribution in [2.24, 2.45) is 5.41 Å². The van der Waals surface area contributed by atoms with Crippen LogP contribution in [0.2, 0.25) is 0 Å². The third-order valence-corrected chi connectivity index (χ3v) is 1.96. The summed E-state index contributed by atoms with van der Waals surface area (Å²) in [5, 5.41) is 9.71. The molecule has 0 aliphatic carbocycles. The zero-order valence-corrected chi connectivity index (χ0v) is 8.69. The van der Waals surface area contributed by atoms with Crippen molar-refractivity contribution in [1.82, 2.24) is 4.98 Å². The number of carbonyl (C=O) groups is 1. The van der Waals surface area contributed by atoms with Gasteiger partial charge in [-0.05, 0) is 12.1 Å². The van der Waals surface area contributed by atoms with Crippen molar-refractivity contribution in [3.05, 3.63) is 30.1 Å². The fourth-order valence-electron chi connectivity index (χ4n) is 1.08. The Hall–Kier alpha value is -1.22. The van der Waals surface area contributed by atoms with Crippen LogP contribution < -0.4 is 0 Å². The van der Waals surface area contributed by atoms with Gasteiger partial charge in [-0.1, -0.05) is 26.8 Å². The van der Waals surface area contributed by atoms with Gasteiger partial charge < -0.3 is 5.11 Å². The first kappa shape index (κ1) is 10.9. The number of aliphatic hydroxyl groups excluding tert-OH is 1. The smallest absolute Gasteiger partial charge is 0.172 e. The number of hydrogen-bond donors (Lipinski definition) is 1. The largest absolute Gasteiger partial charge is 0.379 e. The van der Waals surface area contributed by atoms with Crippen LogP contribution in [-0.4, -0.2) is 15.9 Å². The zero-order valence-electron chi connectivity index (χ0n) is 8.69. The van der Waals surface area contributed by atoms with Crippen molar-refractivity contribution in [3.8, 4) is 0 Å². The molecule has 0 bridgehead atoms. The molecule has 1 unspecified atom stereocenters. The molecule has 3 heteroatoms. The van der Waals surface area contributed by atoms with E-state index < -0.39 is 11.5 Å². The molecule has 1 N–H and O–H groups in total. The summed E-state index contributed by atoms with van der Waals surface area (Å²) in [5.41, 5.74) is -0.135. The summed E-state index contributed by atoms with van der Waals surface area (Å²) in [7, 11) is 0. The maximum absolute atomic E-state index is 11.7. The summed E-state index contributed by atoms with van der Waals surface area (Å²) in [4.78, 5) is 15.6. The Kier molecular flexibility index (Phi) is 3.01. The molecule has 0 aromatic carbocycles. The molecular formula is C11H15NO2. The second-order valence-corrected chi connectivity index (χ2v) is 4.27. The lowest BCUT2D eigenvalue weighted by Crippen LogP contribution is -2.27. The lowest BCUT2D eigenvalue weighted by atomic mass is 9.86. The van der Waals surface area contributed by atoms with E-state index in [0.717, 1.165) is 0 Å². The third kappa shape index (κ3) is 2.39. The number of nitrogens with zero attached hydrogens (tertiary/aromatic N) is 1. The fourth-order valence-corrected chi connectivity index (χ4v) is 1.08. The second-order valence-electron chi connectivity index (χ2n) is 4.27. The SMILES string of the molecule is CC(C)(C)C(=O)C(O)c1ccccn1. The molecule has 1 rings (SSSR count). The molecule has 14 heavy (non-hydrogen) atoms. The normalized spacial score (nSPS) is 13.7. The van der Waals surface area contributed by atoms with E-state index in [1.165, 1.54) is 0 Å². The Morgan fingerprint density at radius 2 is 2.07 bits per heavy atom. The molecule has 0 radical (unpaired) electrons. The van der Waals surface area contributed by atoms with Crippen molar-refractivity contribution in [2.45, 2.75) is 26.9 Å². The molecule has 0 aliphatic rings. The van der Waals surface area contributed by atoms with E-state index in [9.17, 15) is 9.90 Å². The molecule has 1 aromatic rings. The minimum Gasteiger partial charge on any atom is -0.379 e. The number of hydrogen-bond acceptors (Lipinski definition) is 3. The van der Waals surface area contributed by atoms with Gasteiger partial charge in [-0.2, -0.15) is 0 Å². The summed E-state index contributed by atoms with van der Waals surface area (Å²) in [6.45, 7) is 5.34.